The van der Waals surface area contributed by atoms with Gasteiger partial charge in [-0.3, -0.25) is 4.79 Å². The van der Waals surface area contributed by atoms with Gasteiger partial charge in [-0.05, 0) is 97.7 Å². The summed E-state index contributed by atoms with van der Waals surface area (Å²) in [6, 6.07) is 0. The van der Waals surface area contributed by atoms with Gasteiger partial charge < -0.3 is 79.2 Å². The summed E-state index contributed by atoms with van der Waals surface area (Å²) in [5.74, 6) is -1.14. The number of Topliss-reactive ketones (excluding diaryl/α,β-unsaturated/α-hetero) is 1. The first-order valence-electron chi connectivity index (χ1n) is 24.0. The van der Waals surface area contributed by atoms with Crippen LogP contribution in [-0.4, -0.2) is 169 Å². The highest BCUT2D eigenvalue weighted by atomic mass is 16.8. The van der Waals surface area contributed by atoms with Gasteiger partial charge in [0.05, 0.1) is 24.2 Å². The number of aliphatic hydroxyl groups is 8. The Hall–Kier alpha value is -2.01. The summed E-state index contributed by atoms with van der Waals surface area (Å²) < 4.78 is 36.0. The standard InChI is InChI=1S/C48H74O18/c1-21-29(52)31(54)35(58)40(61-21)65-37-32(55)30(53)24(19-49)62-41(37)66-38-34(57)33(56)36(39(59)60)64-42(38)63-28-12-13-45(5)25(46(28,6)20-50)11-14-48(8)26(45)10-9-22-23-17-43(2,3)18-27(51)44(23,4)15-16-47(22,48)7/h9,20-21,23-26,28-38,40-42,49,52-58H,10-19H2,1-8H3,(H,59,60). The normalized spacial score (nSPS) is 54.8. The lowest BCUT2D eigenvalue weighted by molar-refractivity contribution is -0.395. The van der Waals surface area contributed by atoms with E-state index in [-0.39, 0.29) is 44.8 Å². The number of aldehydes is 1. The highest BCUT2D eigenvalue weighted by molar-refractivity contribution is 5.87. The van der Waals surface area contributed by atoms with E-state index in [1.165, 1.54) is 12.5 Å². The number of fused-ring (bicyclic) bond motifs is 7. The molecule has 9 N–H and O–H groups in total. The van der Waals surface area contributed by atoms with Crippen molar-refractivity contribution < 1.29 is 88.8 Å². The summed E-state index contributed by atoms with van der Waals surface area (Å²) in [5, 5.41) is 96.5. The number of rotatable bonds is 9. The Labute approximate surface area is 385 Å². The average molecular weight is 939 g/mol. The summed E-state index contributed by atoms with van der Waals surface area (Å²) in [4.78, 5) is 40.0. The second-order valence-corrected chi connectivity index (χ2v) is 23.2. The van der Waals surface area contributed by atoms with E-state index in [2.05, 4.69) is 47.6 Å². The number of carbonyl (C=O) groups excluding carboxylic acids is 2. The maximum atomic E-state index is 13.8. The zero-order valence-corrected chi connectivity index (χ0v) is 39.4. The Morgan fingerprint density at radius 3 is 2.02 bits per heavy atom. The lowest BCUT2D eigenvalue weighted by Crippen LogP contribution is -2.68. The monoisotopic (exact) mass is 938 g/mol. The molecule has 3 heterocycles. The Balaban J connectivity index is 1.08. The third kappa shape index (κ3) is 7.62. The fourth-order valence-electron chi connectivity index (χ4n) is 14.7. The molecular formula is C48H74O18. The van der Waals surface area contributed by atoms with Gasteiger partial charge in [0.1, 0.15) is 73.1 Å². The van der Waals surface area contributed by atoms with Crippen molar-refractivity contribution >= 4 is 18.0 Å². The van der Waals surface area contributed by atoms with Crippen LogP contribution in [0.4, 0.5) is 0 Å². The van der Waals surface area contributed by atoms with Gasteiger partial charge in [-0.25, -0.2) is 4.79 Å². The number of hydrogen-bond donors (Lipinski definition) is 9. The van der Waals surface area contributed by atoms with E-state index >= 15 is 0 Å². The molecule has 3 saturated heterocycles. The van der Waals surface area contributed by atoms with Crippen LogP contribution < -0.4 is 0 Å². The molecule has 18 heteroatoms. The second kappa shape index (κ2) is 17.4. The first-order valence-corrected chi connectivity index (χ1v) is 24.0. The summed E-state index contributed by atoms with van der Waals surface area (Å²) in [7, 11) is 0. The third-order valence-electron chi connectivity index (χ3n) is 19.1. The predicted octanol–water partition coefficient (Wildman–Crippen LogP) is 1.12. The van der Waals surface area contributed by atoms with E-state index < -0.39 is 116 Å². The van der Waals surface area contributed by atoms with Crippen molar-refractivity contribution in [3.05, 3.63) is 11.6 Å². The molecule has 8 rings (SSSR count). The van der Waals surface area contributed by atoms with Gasteiger partial charge in [0.15, 0.2) is 25.0 Å². The van der Waals surface area contributed by atoms with Crippen LogP contribution in [0, 0.1) is 50.2 Å². The van der Waals surface area contributed by atoms with Crippen molar-refractivity contribution in [3.63, 3.8) is 0 Å². The van der Waals surface area contributed by atoms with E-state index in [4.69, 9.17) is 28.4 Å². The van der Waals surface area contributed by atoms with E-state index in [1.807, 2.05) is 6.92 Å². The average Bonchev–Trinajstić information content (AvgIpc) is 3.25. The molecule has 7 fully saturated rings. The minimum absolute atomic E-state index is 0.0941. The maximum absolute atomic E-state index is 13.8. The van der Waals surface area contributed by atoms with Crippen molar-refractivity contribution in [3.8, 4) is 0 Å². The number of carboxylic acid groups (broad SMARTS) is 1. The van der Waals surface area contributed by atoms with Gasteiger partial charge in [0, 0.05) is 11.8 Å². The number of aliphatic carboxylic acids is 1. The summed E-state index contributed by atoms with van der Waals surface area (Å²) in [6.07, 6.45) is -17.7. The molecule has 3 aliphatic heterocycles. The zero-order chi connectivity index (χ0) is 48.4. The molecule has 4 saturated carbocycles. The smallest absolute Gasteiger partial charge is 0.335 e. The van der Waals surface area contributed by atoms with Crippen LogP contribution in [0.1, 0.15) is 113 Å². The number of allylic oxidation sites excluding steroid dienone is 2. The fourth-order valence-corrected chi connectivity index (χ4v) is 14.7. The van der Waals surface area contributed by atoms with Gasteiger partial charge in [-0.2, -0.15) is 0 Å². The number of hydrogen-bond acceptors (Lipinski definition) is 17. The second-order valence-electron chi connectivity index (χ2n) is 23.2. The number of carboxylic acids is 1. The van der Waals surface area contributed by atoms with Crippen molar-refractivity contribution in [1.29, 1.82) is 0 Å². The molecule has 0 amide bonds. The minimum Gasteiger partial charge on any atom is -0.479 e. The SMILES string of the molecule is CC1OC(OC2C(OC3C(OC4CCC5(C)C(CCC6(C)C5CC=C5C7CC(C)(C)CC(=O)C7(C)CCC56C)C4(C)C=O)OC(C(=O)O)C(O)C3O)OC(CO)C(O)C2O)C(O)C(O)C1O. The molecule has 0 aromatic heterocycles. The largest absolute Gasteiger partial charge is 0.479 e. The van der Waals surface area contributed by atoms with Crippen LogP contribution in [0.3, 0.4) is 0 Å². The van der Waals surface area contributed by atoms with Gasteiger partial charge in [0.25, 0.3) is 0 Å². The summed E-state index contributed by atoms with van der Waals surface area (Å²) in [6.45, 7) is 16.1. The molecule has 0 bridgehead atoms. The lowest BCUT2D eigenvalue weighted by Gasteiger charge is -2.71. The quantitative estimate of drug-likeness (QED) is 0.0890. The van der Waals surface area contributed by atoms with Gasteiger partial charge >= 0.3 is 5.97 Å². The van der Waals surface area contributed by atoms with E-state index in [0.717, 1.165) is 38.4 Å². The molecular weight excluding hydrogens is 865 g/mol. The number of ether oxygens (including phenoxy) is 6. The van der Waals surface area contributed by atoms with E-state index in [1.54, 1.807) is 0 Å². The fraction of sp³-hybridized carbons (Fsp3) is 0.896. The topological polar surface area (TPSA) is 289 Å². The van der Waals surface area contributed by atoms with Crippen LogP contribution in [0.2, 0.25) is 0 Å². The highest BCUT2D eigenvalue weighted by Gasteiger charge is 2.70. The van der Waals surface area contributed by atoms with E-state index in [0.29, 0.717) is 31.5 Å². The van der Waals surface area contributed by atoms with Crippen molar-refractivity contribution in [2.75, 3.05) is 6.61 Å². The molecule has 0 aromatic rings. The summed E-state index contributed by atoms with van der Waals surface area (Å²) in [5.41, 5.74) is -0.921. The molecule has 24 atom stereocenters. The van der Waals surface area contributed by atoms with Gasteiger partial charge in [-0.1, -0.05) is 60.1 Å². The third-order valence-corrected chi connectivity index (χ3v) is 19.1. The molecule has 8 aliphatic rings. The number of aliphatic hydroxyl groups excluding tert-OH is 8. The Kier molecular flexibility index (Phi) is 13.3. The molecule has 24 unspecified atom stereocenters. The van der Waals surface area contributed by atoms with Gasteiger partial charge in [0.2, 0.25) is 0 Å². The predicted molar refractivity (Wildman–Crippen MR) is 229 cm³/mol. The molecule has 5 aliphatic carbocycles. The van der Waals surface area contributed by atoms with Crippen LogP contribution in [-0.2, 0) is 42.8 Å². The number of carbonyl (C=O) groups is 3. The Bertz CT molecular complexity index is 1900. The molecule has 374 valence electrons. The number of ketones is 1. The van der Waals surface area contributed by atoms with Crippen LogP contribution >= 0.6 is 0 Å². The van der Waals surface area contributed by atoms with E-state index in [9.17, 15) is 60.3 Å². The first kappa shape index (κ1) is 50.4. The molecule has 0 aromatic carbocycles. The van der Waals surface area contributed by atoms with Crippen molar-refractivity contribution in [2.24, 2.45) is 50.2 Å². The maximum Gasteiger partial charge on any atom is 0.335 e. The van der Waals surface area contributed by atoms with Crippen LogP contribution in [0.25, 0.3) is 0 Å². The molecule has 66 heavy (non-hydrogen) atoms. The Morgan fingerprint density at radius 2 is 1.38 bits per heavy atom. The Morgan fingerprint density at radius 1 is 0.742 bits per heavy atom. The minimum atomic E-state index is -2.09. The van der Waals surface area contributed by atoms with Gasteiger partial charge in [-0.15, -0.1) is 0 Å². The first-order chi connectivity index (χ1) is 30.7. The highest BCUT2D eigenvalue weighted by Crippen LogP contribution is 2.75. The molecule has 0 radical (unpaired) electrons. The zero-order valence-electron chi connectivity index (χ0n) is 39.4. The van der Waals surface area contributed by atoms with Crippen molar-refractivity contribution in [1.82, 2.24) is 0 Å². The summed E-state index contributed by atoms with van der Waals surface area (Å²) >= 11 is 0. The van der Waals surface area contributed by atoms with Crippen LogP contribution in [0.15, 0.2) is 11.6 Å². The lowest BCUT2D eigenvalue weighted by atomic mass is 9.33. The molecule has 18 nitrogen and oxygen atoms in total. The van der Waals surface area contributed by atoms with Crippen LogP contribution in [0.5, 0.6) is 0 Å². The molecule has 0 spiro atoms. The van der Waals surface area contributed by atoms with Crippen molar-refractivity contribution in [2.45, 2.75) is 211 Å².